The maximum Gasteiger partial charge on any atom is 0.341 e. The van der Waals surface area contributed by atoms with Crippen LogP contribution in [0.5, 0.6) is 5.75 Å². The summed E-state index contributed by atoms with van der Waals surface area (Å²) in [4.78, 5) is 26.6. The zero-order valence-corrected chi connectivity index (χ0v) is 16.6. The highest BCUT2D eigenvalue weighted by atomic mass is 16.5. The highest BCUT2D eigenvalue weighted by molar-refractivity contribution is 5.97. The first-order chi connectivity index (χ1) is 13.2. The lowest BCUT2D eigenvalue weighted by Gasteiger charge is -2.28. The van der Waals surface area contributed by atoms with Crippen LogP contribution in [0, 0.1) is 5.92 Å². The van der Waals surface area contributed by atoms with Crippen LogP contribution in [0.3, 0.4) is 0 Å². The van der Waals surface area contributed by atoms with Crippen LogP contribution in [-0.4, -0.2) is 41.4 Å². The van der Waals surface area contributed by atoms with E-state index < -0.39 is 11.4 Å². The first-order valence-electron chi connectivity index (χ1n) is 9.75. The van der Waals surface area contributed by atoms with Crippen molar-refractivity contribution in [2.45, 2.75) is 44.7 Å². The van der Waals surface area contributed by atoms with E-state index in [1.165, 1.54) is 6.20 Å². The number of nitrogens with two attached hydrogens (primary N) is 1. The summed E-state index contributed by atoms with van der Waals surface area (Å²) in [6.07, 6.45) is 4.42. The molecule has 1 saturated carbocycles. The third kappa shape index (κ3) is 3.03. The molecule has 7 nitrogen and oxygen atoms in total. The zero-order valence-electron chi connectivity index (χ0n) is 16.6. The lowest BCUT2D eigenvalue weighted by Crippen LogP contribution is -2.42. The van der Waals surface area contributed by atoms with E-state index in [0.29, 0.717) is 22.6 Å². The molecular weight excluding hydrogens is 358 g/mol. The van der Waals surface area contributed by atoms with Gasteiger partial charge in [0.1, 0.15) is 5.56 Å². The van der Waals surface area contributed by atoms with Crippen molar-refractivity contribution >= 4 is 22.6 Å². The van der Waals surface area contributed by atoms with Gasteiger partial charge in [-0.1, -0.05) is 0 Å². The van der Waals surface area contributed by atoms with Gasteiger partial charge in [-0.3, -0.25) is 4.79 Å². The molecule has 3 N–H and O–H groups in total. The quantitative estimate of drug-likeness (QED) is 0.821. The van der Waals surface area contributed by atoms with Crippen LogP contribution in [0.4, 0.5) is 5.69 Å². The molecule has 1 aromatic carbocycles. The molecule has 0 bridgehead atoms. The molecule has 28 heavy (non-hydrogen) atoms. The van der Waals surface area contributed by atoms with Crippen molar-refractivity contribution in [1.82, 2.24) is 4.57 Å². The molecule has 0 unspecified atom stereocenters. The van der Waals surface area contributed by atoms with Crippen LogP contribution >= 0.6 is 0 Å². The predicted octanol–water partition coefficient (Wildman–Crippen LogP) is 2.61. The smallest absolute Gasteiger partial charge is 0.341 e. The number of ether oxygens (including phenoxy) is 1. The number of hydrogen-bond donors (Lipinski definition) is 2. The maximum atomic E-state index is 12.8. The highest BCUT2D eigenvalue weighted by Crippen LogP contribution is 2.43. The molecule has 2 aromatic rings. The fourth-order valence-corrected chi connectivity index (χ4v) is 4.24. The van der Waals surface area contributed by atoms with E-state index in [9.17, 15) is 14.7 Å². The van der Waals surface area contributed by atoms with Crippen LogP contribution in [0.1, 0.15) is 49.5 Å². The number of aromatic carboxylic acids is 1. The van der Waals surface area contributed by atoms with E-state index in [4.69, 9.17) is 10.5 Å². The van der Waals surface area contributed by atoms with Crippen molar-refractivity contribution in [1.29, 1.82) is 0 Å². The van der Waals surface area contributed by atoms with Gasteiger partial charge in [-0.25, -0.2) is 4.79 Å². The second-order valence-corrected chi connectivity index (χ2v) is 8.58. The average Bonchev–Trinajstić information content (AvgIpc) is 3.35. The number of nitrogens with zero attached hydrogens (tertiary/aromatic N) is 2. The van der Waals surface area contributed by atoms with Gasteiger partial charge in [0, 0.05) is 30.9 Å². The van der Waals surface area contributed by atoms with Crippen LogP contribution in [0.2, 0.25) is 0 Å². The van der Waals surface area contributed by atoms with Gasteiger partial charge in [-0.15, -0.1) is 0 Å². The lowest BCUT2D eigenvalue weighted by atomic mass is 9.88. The number of carbonyl (C=O) groups is 1. The maximum absolute atomic E-state index is 12.8. The van der Waals surface area contributed by atoms with Crippen LogP contribution in [0.25, 0.3) is 10.9 Å². The van der Waals surface area contributed by atoms with Crippen LogP contribution in [0.15, 0.2) is 23.1 Å². The number of carboxylic acids is 1. The summed E-state index contributed by atoms with van der Waals surface area (Å²) in [5, 5.41) is 9.84. The first-order valence-corrected chi connectivity index (χ1v) is 9.75. The molecule has 2 heterocycles. The van der Waals surface area contributed by atoms with E-state index in [1.54, 1.807) is 13.2 Å². The standard InChI is InChI=1S/C21H27N3O4/c1-21(2,22)12-8-9-23(10-12)16-7-6-14-17(19(16)28-3)24(13-4-5-13)11-15(18(14)25)20(26)27/h6-7,11-13H,4-5,8-10,22H2,1-3H3,(H,26,27)/t12-/m1/s1. The van der Waals surface area contributed by atoms with Crippen LogP contribution < -0.4 is 20.8 Å². The Morgan fingerprint density at radius 3 is 2.54 bits per heavy atom. The summed E-state index contributed by atoms with van der Waals surface area (Å²) < 4.78 is 7.71. The van der Waals surface area contributed by atoms with E-state index in [1.807, 2.05) is 10.6 Å². The topological polar surface area (TPSA) is 97.8 Å². The van der Waals surface area contributed by atoms with Crippen molar-refractivity contribution in [3.05, 3.63) is 34.1 Å². The average molecular weight is 385 g/mol. The number of benzene rings is 1. The summed E-state index contributed by atoms with van der Waals surface area (Å²) in [5.41, 5.74) is 7.02. The van der Waals surface area contributed by atoms with Crippen molar-refractivity contribution in [3.8, 4) is 5.75 Å². The molecule has 4 rings (SSSR count). The Balaban J connectivity index is 1.89. The van der Waals surface area contributed by atoms with Gasteiger partial charge in [0.05, 0.1) is 23.7 Å². The van der Waals surface area contributed by atoms with Crippen molar-refractivity contribution in [2.75, 3.05) is 25.1 Å². The SMILES string of the molecule is COc1c(N2CC[C@@H](C(C)(C)N)C2)ccc2c(=O)c(C(=O)O)cn(C3CC3)c12. The normalized spacial score (nSPS) is 20.0. The molecule has 1 aliphatic carbocycles. The number of methoxy groups -OCH3 is 1. The Kier molecular flexibility index (Phi) is 4.38. The van der Waals surface area contributed by atoms with Crippen molar-refractivity contribution in [2.24, 2.45) is 11.7 Å². The molecule has 150 valence electrons. The number of pyridine rings is 1. The van der Waals surface area contributed by atoms with Gasteiger partial charge < -0.3 is 25.0 Å². The number of fused-ring (bicyclic) bond motifs is 1. The Morgan fingerprint density at radius 1 is 1.29 bits per heavy atom. The summed E-state index contributed by atoms with van der Waals surface area (Å²) in [6.45, 7) is 5.80. The zero-order chi connectivity index (χ0) is 20.2. The fourth-order valence-electron chi connectivity index (χ4n) is 4.24. The molecular formula is C21H27N3O4. The van der Waals surface area contributed by atoms with Gasteiger partial charge in [-0.2, -0.15) is 0 Å². The third-order valence-corrected chi connectivity index (χ3v) is 6.08. The molecule has 1 aromatic heterocycles. The summed E-state index contributed by atoms with van der Waals surface area (Å²) in [6, 6.07) is 3.82. The van der Waals surface area contributed by atoms with Crippen molar-refractivity contribution < 1.29 is 14.6 Å². The number of aromatic nitrogens is 1. The molecule has 1 aliphatic heterocycles. The molecule has 2 aliphatic rings. The Bertz CT molecular complexity index is 1000. The monoisotopic (exact) mass is 385 g/mol. The van der Waals surface area contributed by atoms with Gasteiger partial charge >= 0.3 is 5.97 Å². The summed E-state index contributed by atoms with van der Waals surface area (Å²) in [5.74, 6) is -0.196. The minimum Gasteiger partial charge on any atom is -0.492 e. The highest BCUT2D eigenvalue weighted by Gasteiger charge is 2.35. The molecule has 2 fully saturated rings. The van der Waals surface area contributed by atoms with Gasteiger partial charge in [0.2, 0.25) is 5.43 Å². The molecule has 7 heteroatoms. The van der Waals surface area contributed by atoms with Gasteiger partial charge in [0.15, 0.2) is 5.75 Å². The van der Waals surface area contributed by atoms with E-state index in [-0.39, 0.29) is 17.1 Å². The Morgan fingerprint density at radius 2 is 2.00 bits per heavy atom. The second-order valence-electron chi connectivity index (χ2n) is 8.58. The van der Waals surface area contributed by atoms with E-state index in [2.05, 4.69) is 18.7 Å². The Hall–Kier alpha value is -2.54. The van der Waals surface area contributed by atoms with E-state index >= 15 is 0 Å². The minimum atomic E-state index is -1.20. The molecule has 1 saturated heterocycles. The minimum absolute atomic E-state index is 0.194. The second kappa shape index (κ2) is 6.51. The summed E-state index contributed by atoms with van der Waals surface area (Å²) >= 11 is 0. The van der Waals surface area contributed by atoms with Gasteiger partial charge in [0.25, 0.3) is 0 Å². The molecule has 0 spiro atoms. The largest absolute Gasteiger partial charge is 0.492 e. The molecule has 0 amide bonds. The van der Waals surface area contributed by atoms with Crippen molar-refractivity contribution in [3.63, 3.8) is 0 Å². The number of rotatable bonds is 5. The molecule has 1 atom stereocenters. The number of carboxylic acid groups (broad SMARTS) is 1. The summed E-state index contributed by atoms with van der Waals surface area (Å²) in [7, 11) is 1.60. The third-order valence-electron chi connectivity index (χ3n) is 6.08. The fraction of sp³-hybridized carbons (Fsp3) is 0.524. The van der Waals surface area contributed by atoms with Crippen LogP contribution in [-0.2, 0) is 0 Å². The van der Waals surface area contributed by atoms with Gasteiger partial charge in [-0.05, 0) is 51.2 Å². The van der Waals surface area contributed by atoms with E-state index in [0.717, 1.165) is 38.0 Å². The lowest BCUT2D eigenvalue weighted by molar-refractivity contribution is 0.0695. The predicted molar refractivity (Wildman–Crippen MR) is 109 cm³/mol. The number of anilines is 1. The number of hydrogen-bond acceptors (Lipinski definition) is 5. The first kappa shape index (κ1) is 18.8. The molecule has 0 radical (unpaired) electrons. The Labute approximate surface area is 163 Å².